The summed E-state index contributed by atoms with van der Waals surface area (Å²) in [6.07, 6.45) is 1.93. The van der Waals surface area contributed by atoms with E-state index in [-0.39, 0.29) is 17.9 Å². The first-order chi connectivity index (χ1) is 10.5. The molecule has 3 rings (SSSR count). The highest BCUT2D eigenvalue weighted by Crippen LogP contribution is 2.25. The van der Waals surface area contributed by atoms with Crippen LogP contribution in [0.2, 0.25) is 5.02 Å². The number of piperidine rings is 1. The Morgan fingerprint density at radius 3 is 3.09 bits per heavy atom. The first-order valence-corrected chi connectivity index (χ1v) is 8.11. The van der Waals surface area contributed by atoms with Gasteiger partial charge in [0.15, 0.2) is 0 Å². The van der Waals surface area contributed by atoms with Crippen molar-refractivity contribution in [3.05, 3.63) is 23.2 Å². The number of imidazole rings is 1. The maximum absolute atomic E-state index is 12.2. The molecule has 1 fully saturated rings. The first-order valence-electron chi connectivity index (χ1n) is 7.73. The molecule has 0 aliphatic carbocycles. The number of benzene rings is 1. The van der Waals surface area contributed by atoms with Crippen molar-refractivity contribution in [2.45, 2.75) is 32.7 Å². The lowest BCUT2D eigenvalue weighted by atomic mass is 9.97. The molecular weight excluding hydrogens is 300 g/mol. The molecule has 2 N–H and O–H groups in total. The van der Waals surface area contributed by atoms with E-state index in [9.17, 15) is 4.79 Å². The zero-order valence-corrected chi connectivity index (χ0v) is 13.7. The number of amides is 1. The van der Waals surface area contributed by atoms with Gasteiger partial charge in [-0.1, -0.05) is 11.6 Å². The highest BCUT2D eigenvalue weighted by molar-refractivity contribution is 6.31. The quantitative estimate of drug-likeness (QED) is 0.914. The third kappa shape index (κ3) is 3.19. The van der Waals surface area contributed by atoms with Crippen LogP contribution in [0.4, 0.5) is 5.95 Å². The van der Waals surface area contributed by atoms with Crippen LogP contribution in [0.25, 0.3) is 11.0 Å². The van der Waals surface area contributed by atoms with Gasteiger partial charge in [0.25, 0.3) is 0 Å². The van der Waals surface area contributed by atoms with Gasteiger partial charge in [-0.2, -0.15) is 0 Å². The number of hydrogen-bond donors (Lipinski definition) is 2. The molecule has 1 atom stereocenters. The molecule has 0 saturated carbocycles. The SMILES string of the molecule is CC(C)NC(=O)C1CCCN(c2nc3ccc(Cl)cc3[nH]2)C1. The van der Waals surface area contributed by atoms with E-state index in [2.05, 4.69) is 20.2 Å². The summed E-state index contributed by atoms with van der Waals surface area (Å²) in [4.78, 5) is 22.3. The van der Waals surface area contributed by atoms with Crippen LogP contribution in [0.5, 0.6) is 0 Å². The molecule has 0 radical (unpaired) electrons. The molecule has 1 amide bonds. The van der Waals surface area contributed by atoms with Crippen LogP contribution in [-0.4, -0.2) is 35.0 Å². The molecule has 22 heavy (non-hydrogen) atoms. The highest BCUT2D eigenvalue weighted by Gasteiger charge is 2.27. The summed E-state index contributed by atoms with van der Waals surface area (Å²) < 4.78 is 0. The van der Waals surface area contributed by atoms with E-state index in [1.165, 1.54) is 0 Å². The molecule has 2 aromatic rings. The molecule has 1 aliphatic heterocycles. The van der Waals surface area contributed by atoms with Gasteiger partial charge in [0, 0.05) is 24.2 Å². The predicted molar refractivity (Wildman–Crippen MR) is 89.3 cm³/mol. The third-order valence-corrected chi connectivity index (χ3v) is 4.19. The lowest BCUT2D eigenvalue weighted by Crippen LogP contribution is -2.45. The standard InChI is InChI=1S/C16H21ClN4O/c1-10(2)18-15(22)11-4-3-7-21(9-11)16-19-13-6-5-12(17)8-14(13)20-16/h5-6,8,10-11H,3-4,7,9H2,1-2H3,(H,18,22)(H,19,20). The molecule has 1 aromatic heterocycles. The molecule has 0 bridgehead atoms. The molecular formula is C16H21ClN4O. The fourth-order valence-electron chi connectivity index (χ4n) is 2.90. The Hall–Kier alpha value is -1.75. The maximum Gasteiger partial charge on any atom is 0.225 e. The van der Waals surface area contributed by atoms with Gasteiger partial charge in [-0.05, 0) is 44.9 Å². The van der Waals surface area contributed by atoms with Gasteiger partial charge >= 0.3 is 0 Å². The number of carbonyl (C=O) groups is 1. The normalized spacial score (nSPS) is 18.9. The van der Waals surface area contributed by atoms with Gasteiger partial charge in [0.05, 0.1) is 17.0 Å². The Morgan fingerprint density at radius 2 is 2.32 bits per heavy atom. The van der Waals surface area contributed by atoms with E-state index in [0.717, 1.165) is 36.4 Å². The summed E-state index contributed by atoms with van der Waals surface area (Å²) in [5, 5.41) is 3.70. The second-order valence-electron chi connectivity index (χ2n) is 6.17. The van der Waals surface area contributed by atoms with Crippen molar-refractivity contribution in [2.75, 3.05) is 18.0 Å². The first kappa shape index (κ1) is 15.2. The summed E-state index contributed by atoms with van der Waals surface area (Å²) in [6.45, 7) is 5.59. The van der Waals surface area contributed by atoms with E-state index in [4.69, 9.17) is 11.6 Å². The van der Waals surface area contributed by atoms with Crippen LogP contribution < -0.4 is 10.2 Å². The van der Waals surface area contributed by atoms with Crippen molar-refractivity contribution < 1.29 is 4.79 Å². The van der Waals surface area contributed by atoms with Crippen molar-refractivity contribution in [3.8, 4) is 0 Å². The minimum atomic E-state index is 0.0213. The van der Waals surface area contributed by atoms with Crippen LogP contribution in [0.3, 0.4) is 0 Å². The maximum atomic E-state index is 12.2. The van der Waals surface area contributed by atoms with Crippen LogP contribution in [-0.2, 0) is 4.79 Å². The molecule has 5 nitrogen and oxygen atoms in total. The molecule has 1 aliphatic rings. The van der Waals surface area contributed by atoms with Gasteiger partial charge in [-0.25, -0.2) is 4.98 Å². The number of H-pyrrole nitrogens is 1. The molecule has 2 heterocycles. The van der Waals surface area contributed by atoms with Crippen LogP contribution in [0.1, 0.15) is 26.7 Å². The average Bonchev–Trinajstić information content (AvgIpc) is 2.89. The summed E-state index contributed by atoms with van der Waals surface area (Å²) >= 11 is 6.01. The van der Waals surface area contributed by atoms with E-state index >= 15 is 0 Å². The van der Waals surface area contributed by atoms with Crippen molar-refractivity contribution in [2.24, 2.45) is 5.92 Å². The average molecular weight is 321 g/mol. The van der Waals surface area contributed by atoms with E-state index in [1.807, 2.05) is 32.0 Å². The van der Waals surface area contributed by atoms with Gasteiger partial charge in [-0.3, -0.25) is 4.79 Å². The number of anilines is 1. The zero-order chi connectivity index (χ0) is 15.7. The van der Waals surface area contributed by atoms with E-state index in [1.54, 1.807) is 0 Å². The largest absolute Gasteiger partial charge is 0.354 e. The van der Waals surface area contributed by atoms with E-state index in [0.29, 0.717) is 11.6 Å². The van der Waals surface area contributed by atoms with Crippen LogP contribution in [0.15, 0.2) is 18.2 Å². The van der Waals surface area contributed by atoms with Crippen LogP contribution >= 0.6 is 11.6 Å². The van der Waals surface area contributed by atoms with Crippen LogP contribution in [0, 0.1) is 5.92 Å². The Labute approximate surface area is 135 Å². The van der Waals surface area contributed by atoms with Gasteiger partial charge < -0.3 is 15.2 Å². The Kier molecular flexibility index (Phi) is 4.25. The highest BCUT2D eigenvalue weighted by atomic mass is 35.5. The predicted octanol–water partition coefficient (Wildman–Crippen LogP) is 2.96. The summed E-state index contributed by atoms with van der Waals surface area (Å²) in [6, 6.07) is 5.80. The van der Waals surface area contributed by atoms with Crippen molar-refractivity contribution >= 4 is 34.5 Å². The Balaban J connectivity index is 1.77. The fourth-order valence-corrected chi connectivity index (χ4v) is 3.08. The lowest BCUT2D eigenvalue weighted by molar-refractivity contribution is -0.125. The number of fused-ring (bicyclic) bond motifs is 1. The van der Waals surface area contributed by atoms with Crippen molar-refractivity contribution in [3.63, 3.8) is 0 Å². The number of aromatic amines is 1. The molecule has 0 spiro atoms. The Morgan fingerprint density at radius 1 is 1.50 bits per heavy atom. The van der Waals surface area contributed by atoms with Crippen molar-refractivity contribution in [1.82, 2.24) is 15.3 Å². The second kappa shape index (κ2) is 6.16. The van der Waals surface area contributed by atoms with Crippen molar-refractivity contribution in [1.29, 1.82) is 0 Å². The monoisotopic (exact) mass is 320 g/mol. The van der Waals surface area contributed by atoms with Gasteiger partial charge in [-0.15, -0.1) is 0 Å². The molecule has 1 unspecified atom stereocenters. The number of aromatic nitrogens is 2. The number of hydrogen-bond acceptors (Lipinski definition) is 3. The number of nitrogens with one attached hydrogen (secondary N) is 2. The minimum absolute atomic E-state index is 0.0213. The van der Waals surface area contributed by atoms with Gasteiger partial charge in [0.2, 0.25) is 11.9 Å². The molecule has 118 valence electrons. The smallest absolute Gasteiger partial charge is 0.225 e. The zero-order valence-electron chi connectivity index (χ0n) is 12.9. The fraction of sp³-hybridized carbons (Fsp3) is 0.500. The third-order valence-electron chi connectivity index (χ3n) is 3.95. The number of rotatable bonds is 3. The lowest BCUT2D eigenvalue weighted by Gasteiger charge is -2.32. The number of halogens is 1. The Bertz CT molecular complexity index is 682. The molecule has 6 heteroatoms. The minimum Gasteiger partial charge on any atom is -0.354 e. The summed E-state index contributed by atoms with van der Waals surface area (Å²) in [5.41, 5.74) is 1.82. The second-order valence-corrected chi connectivity index (χ2v) is 6.61. The molecule has 1 saturated heterocycles. The van der Waals surface area contributed by atoms with E-state index < -0.39 is 0 Å². The number of carbonyl (C=O) groups excluding carboxylic acids is 1. The summed E-state index contributed by atoms with van der Waals surface area (Å²) in [5.74, 6) is 0.978. The number of nitrogens with zero attached hydrogens (tertiary/aromatic N) is 2. The summed E-state index contributed by atoms with van der Waals surface area (Å²) in [7, 11) is 0. The molecule has 1 aromatic carbocycles. The topological polar surface area (TPSA) is 61.0 Å². The van der Waals surface area contributed by atoms with Gasteiger partial charge in [0.1, 0.15) is 0 Å².